The average Bonchev–Trinajstić information content (AvgIpc) is 2.91. The average molecular weight is 303 g/mol. The second kappa shape index (κ2) is 6.33. The lowest BCUT2D eigenvalue weighted by Crippen LogP contribution is -2.54. The van der Waals surface area contributed by atoms with Crippen molar-refractivity contribution in [1.29, 1.82) is 0 Å². The lowest BCUT2D eigenvalue weighted by atomic mass is 9.95. The van der Waals surface area contributed by atoms with Gasteiger partial charge in [-0.1, -0.05) is 0 Å². The Hall–Kier alpha value is -2.77. The third-order valence-corrected chi connectivity index (χ3v) is 3.14. The molecule has 0 fully saturated rings. The molecule has 0 spiro atoms. The summed E-state index contributed by atoms with van der Waals surface area (Å²) in [5.41, 5.74) is -0.311. The molecular weight excluding hydrogens is 286 g/mol. The Bertz CT molecular complexity index is 670. The summed E-state index contributed by atoms with van der Waals surface area (Å²) < 4.78 is 6.58. The van der Waals surface area contributed by atoms with Crippen molar-refractivity contribution in [3.63, 3.8) is 0 Å². The quantitative estimate of drug-likeness (QED) is 0.787. The van der Waals surface area contributed by atoms with E-state index in [0.717, 1.165) is 0 Å². The molecular formula is C14H17N5O3. The molecule has 1 atom stereocenters. The van der Waals surface area contributed by atoms with E-state index >= 15 is 0 Å². The fraction of sp³-hybridized carbons (Fsp3) is 0.357. The number of amides is 1. The molecule has 0 bridgehead atoms. The zero-order valence-electron chi connectivity index (χ0n) is 12.6. The SMILES string of the molecule is COC(=O)C(C)(Cc1cn(C)cn1)NC(=O)c1cncnc1. The number of carbonyl (C=O) groups excluding carboxylic acids is 2. The Labute approximate surface area is 127 Å². The van der Waals surface area contributed by atoms with E-state index in [2.05, 4.69) is 20.3 Å². The number of aryl methyl sites for hydroxylation is 1. The minimum Gasteiger partial charge on any atom is -0.467 e. The van der Waals surface area contributed by atoms with E-state index in [0.29, 0.717) is 5.69 Å². The zero-order valence-corrected chi connectivity index (χ0v) is 12.6. The normalized spacial score (nSPS) is 13.2. The first-order valence-electron chi connectivity index (χ1n) is 6.57. The van der Waals surface area contributed by atoms with Crippen LogP contribution in [0.4, 0.5) is 0 Å². The van der Waals surface area contributed by atoms with Gasteiger partial charge in [0.2, 0.25) is 0 Å². The number of carbonyl (C=O) groups is 2. The third-order valence-electron chi connectivity index (χ3n) is 3.14. The molecule has 8 heteroatoms. The molecule has 22 heavy (non-hydrogen) atoms. The molecule has 1 amide bonds. The van der Waals surface area contributed by atoms with Crippen molar-refractivity contribution in [2.24, 2.45) is 7.05 Å². The number of imidazole rings is 1. The molecule has 8 nitrogen and oxygen atoms in total. The predicted molar refractivity (Wildman–Crippen MR) is 76.8 cm³/mol. The topological polar surface area (TPSA) is 99.0 Å². The molecule has 0 saturated heterocycles. The Morgan fingerprint density at radius 1 is 1.36 bits per heavy atom. The van der Waals surface area contributed by atoms with Crippen molar-refractivity contribution >= 4 is 11.9 Å². The van der Waals surface area contributed by atoms with Gasteiger partial charge in [0.05, 0.1) is 24.7 Å². The van der Waals surface area contributed by atoms with E-state index in [4.69, 9.17) is 4.74 Å². The van der Waals surface area contributed by atoms with Gasteiger partial charge in [-0.3, -0.25) is 4.79 Å². The minimum atomic E-state index is -1.24. The Kier molecular flexibility index (Phi) is 4.50. The number of nitrogens with one attached hydrogen (secondary N) is 1. The van der Waals surface area contributed by atoms with E-state index in [1.54, 1.807) is 24.0 Å². The van der Waals surface area contributed by atoms with Crippen molar-refractivity contribution in [2.75, 3.05) is 7.11 Å². The smallest absolute Gasteiger partial charge is 0.331 e. The van der Waals surface area contributed by atoms with Gasteiger partial charge in [-0.15, -0.1) is 0 Å². The summed E-state index contributed by atoms with van der Waals surface area (Å²) in [6.45, 7) is 1.59. The molecule has 1 unspecified atom stereocenters. The molecule has 0 aliphatic heterocycles. The fourth-order valence-electron chi connectivity index (χ4n) is 2.05. The molecule has 116 valence electrons. The molecule has 2 aromatic rings. The van der Waals surface area contributed by atoms with E-state index < -0.39 is 17.4 Å². The van der Waals surface area contributed by atoms with Crippen LogP contribution in [0.1, 0.15) is 23.0 Å². The van der Waals surface area contributed by atoms with Crippen LogP contribution in [-0.2, 0) is 23.0 Å². The van der Waals surface area contributed by atoms with Crippen LogP contribution in [0.15, 0.2) is 31.2 Å². The second-order valence-electron chi connectivity index (χ2n) is 5.11. The fourth-order valence-corrected chi connectivity index (χ4v) is 2.05. The van der Waals surface area contributed by atoms with Gasteiger partial charge in [0.25, 0.3) is 5.91 Å². The molecule has 2 rings (SSSR count). The van der Waals surface area contributed by atoms with Gasteiger partial charge in [-0.25, -0.2) is 19.7 Å². The van der Waals surface area contributed by atoms with Gasteiger partial charge >= 0.3 is 5.97 Å². The first-order chi connectivity index (χ1) is 10.4. The highest BCUT2D eigenvalue weighted by Crippen LogP contribution is 2.15. The van der Waals surface area contributed by atoms with Crippen molar-refractivity contribution in [2.45, 2.75) is 18.9 Å². The summed E-state index contributed by atoms with van der Waals surface area (Å²) >= 11 is 0. The van der Waals surface area contributed by atoms with E-state index in [1.807, 2.05) is 7.05 Å². The van der Waals surface area contributed by atoms with Crippen molar-refractivity contribution in [3.05, 3.63) is 42.5 Å². The van der Waals surface area contributed by atoms with Crippen LogP contribution in [0.3, 0.4) is 0 Å². The highest BCUT2D eigenvalue weighted by atomic mass is 16.5. The van der Waals surface area contributed by atoms with Gasteiger partial charge in [0.15, 0.2) is 0 Å². The molecule has 0 aromatic carbocycles. The van der Waals surface area contributed by atoms with E-state index in [1.165, 1.54) is 25.8 Å². The first kappa shape index (κ1) is 15.6. The van der Waals surface area contributed by atoms with E-state index in [9.17, 15) is 9.59 Å². The Balaban J connectivity index is 2.22. The molecule has 2 heterocycles. The van der Waals surface area contributed by atoms with Crippen molar-refractivity contribution in [1.82, 2.24) is 24.8 Å². The van der Waals surface area contributed by atoms with Crippen LogP contribution >= 0.6 is 0 Å². The summed E-state index contributed by atoms with van der Waals surface area (Å²) in [6, 6.07) is 0. The molecule has 0 aliphatic rings. The van der Waals surface area contributed by atoms with Gasteiger partial charge in [0, 0.05) is 32.1 Å². The standard InChI is InChI=1S/C14H17N5O3/c1-14(13(21)22-3,4-11-7-19(2)9-17-11)18-12(20)10-5-15-8-16-6-10/h5-9H,4H2,1-3H3,(H,18,20). The molecule has 0 aliphatic carbocycles. The molecule has 0 saturated carbocycles. The number of rotatable bonds is 5. The van der Waals surface area contributed by atoms with Gasteiger partial charge in [-0.05, 0) is 6.92 Å². The van der Waals surface area contributed by atoms with Crippen LogP contribution in [0.5, 0.6) is 0 Å². The second-order valence-corrected chi connectivity index (χ2v) is 5.11. The Morgan fingerprint density at radius 2 is 2.05 bits per heavy atom. The van der Waals surface area contributed by atoms with Crippen LogP contribution in [0.25, 0.3) is 0 Å². The highest BCUT2D eigenvalue weighted by molar-refractivity contribution is 5.97. The number of esters is 1. The lowest BCUT2D eigenvalue weighted by Gasteiger charge is -2.27. The van der Waals surface area contributed by atoms with Gasteiger partial charge in [0.1, 0.15) is 11.9 Å². The monoisotopic (exact) mass is 303 g/mol. The zero-order chi connectivity index (χ0) is 16.2. The predicted octanol–water partition coefficient (Wildman–Crippen LogP) is 0.114. The number of hydrogen-bond donors (Lipinski definition) is 1. The summed E-state index contributed by atoms with van der Waals surface area (Å²) in [6.07, 6.45) is 7.69. The molecule has 0 radical (unpaired) electrons. The van der Waals surface area contributed by atoms with Crippen LogP contribution in [0.2, 0.25) is 0 Å². The Morgan fingerprint density at radius 3 is 2.59 bits per heavy atom. The number of ether oxygens (including phenoxy) is 1. The third kappa shape index (κ3) is 3.46. The summed E-state index contributed by atoms with van der Waals surface area (Å²) in [4.78, 5) is 36.1. The van der Waals surface area contributed by atoms with Crippen LogP contribution in [0, 0.1) is 0 Å². The molecule has 1 N–H and O–H groups in total. The van der Waals surface area contributed by atoms with Gasteiger partial charge < -0.3 is 14.6 Å². The van der Waals surface area contributed by atoms with Crippen molar-refractivity contribution in [3.8, 4) is 0 Å². The lowest BCUT2D eigenvalue weighted by molar-refractivity contribution is -0.147. The van der Waals surface area contributed by atoms with Crippen LogP contribution < -0.4 is 5.32 Å². The highest BCUT2D eigenvalue weighted by Gasteiger charge is 2.37. The van der Waals surface area contributed by atoms with Crippen molar-refractivity contribution < 1.29 is 14.3 Å². The summed E-state index contributed by atoms with van der Waals surface area (Å²) in [5.74, 6) is -1.01. The number of hydrogen-bond acceptors (Lipinski definition) is 6. The summed E-state index contributed by atoms with van der Waals surface area (Å²) in [7, 11) is 3.10. The summed E-state index contributed by atoms with van der Waals surface area (Å²) in [5, 5.41) is 2.68. The van der Waals surface area contributed by atoms with Crippen LogP contribution in [-0.4, -0.2) is 44.0 Å². The maximum absolute atomic E-state index is 12.3. The molecule has 2 aromatic heterocycles. The van der Waals surface area contributed by atoms with Gasteiger partial charge in [-0.2, -0.15) is 0 Å². The number of nitrogens with zero attached hydrogens (tertiary/aromatic N) is 4. The maximum Gasteiger partial charge on any atom is 0.331 e. The first-order valence-corrected chi connectivity index (χ1v) is 6.57. The number of methoxy groups -OCH3 is 1. The maximum atomic E-state index is 12.3. The largest absolute Gasteiger partial charge is 0.467 e. The van der Waals surface area contributed by atoms with E-state index in [-0.39, 0.29) is 12.0 Å². The minimum absolute atomic E-state index is 0.208. The number of aromatic nitrogens is 4.